The number of carbonyl (C=O) groups is 1. The van der Waals surface area contributed by atoms with E-state index >= 15 is 0 Å². The van der Waals surface area contributed by atoms with Crippen LogP contribution in [0.3, 0.4) is 0 Å². The molecule has 0 aliphatic heterocycles. The van der Waals surface area contributed by atoms with E-state index in [1.807, 2.05) is 14.0 Å². The van der Waals surface area contributed by atoms with Crippen molar-refractivity contribution in [2.24, 2.45) is 13.0 Å². The summed E-state index contributed by atoms with van der Waals surface area (Å²) in [6.45, 7) is 6.18. The molecule has 0 saturated heterocycles. The van der Waals surface area contributed by atoms with Crippen LogP contribution in [0.4, 0.5) is 0 Å². The van der Waals surface area contributed by atoms with Gasteiger partial charge in [-0.05, 0) is 19.3 Å². The van der Waals surface area contributed by atoms with Crippen LogP contribution in [0.5, 0.6) is 0 Å². The van der Waals surface area contributed by atoms with Crippen LogP contribution in [-0.4, -0.2) is 15.6 Å². The highest BCUT2D eigenvalue weighted by Gasteiger charge is 2.12. The summed E-state index contributed by atoms with van der Waals surface area (Å²) in [5, 5.41) is 4.06. The number of carbonyl (C=O) groups excluding carboxylic acids is 1. The third-order valence-corrected chi connectivity index (χ3v) is 2.48. The molecule has 1 aromatic rings. The van der Waals surface area contributed by atoms with E-state index in [1.165, 1.54) is 0 Å². The molecule has 0 atom stereocenters. The van der Waals surface area contributed by atoms with Crippen molar-refractivity contribution < 1.29 is 4.79 Å². The Morgan fingerprint density at radius 2 is 2.21 bits per heavy atom. The number of aryl methyl sites for hydroxylation is 1. The van der Waals surface area contributed by atoms with E-state index < -0.39 is 0 Å². The van der Waals surface area contributed by atoms with E-state index in [9.17, 15) is 4.79 Å². The Morgan fingerprint density at radius 3 is 2.64 bits per heavy atom. The number of nitrogens with zero attached hydrogens (tertiary/aromatic N) is 2. The van der Waals surface area contributed by atoms with Gasteiger partial charge in [-0.1, -0.05) is 13.8 Å². The van der Waals surface area contributed by atoms with Gasteiger partial charge in [-0.15, -0.1) is 0 Å². The molecule has 1 heterocycles. The van der Waals surface area contributed by atoms with Crippen LogP contribution in [-0.2, 0) is 7.05 Å². The summed E-state index contributed by atoms with van der Waals surface area (Å²) in [5.74, 6) is 0.792. The maximum Gasteiger partial charge on any atom is 0.166 e. The molecule has 3 nitrogen and oxygen atoms in total. The molecule has 0 aliphatic rings. The molecule has 3 heteroatoms. The van der Waals surface area contributed by atoms with Crippen LogP contribution in [0, 0.1) is 12.8 Å². The van der Waals surface area contributed by atoms with Crippen molar-refractivity contribution in [3.8, 4) is 0 Å². The summed E-state index contributed by atoms with van der Waals surface area (Å²) in [7, 11) is 1.86. The minimum atomic E-state index is 0.212. The van der Waals surface area contributed by atoms with Crippen molar-refractivity contribution in [1.82, 2.24) is 9.78 Å². The highest BCUT2D eigenvalue weighted by atomic mass is 16.1. The second kappa shape index (κ2) is 4.40. The van der Waals surface area contributed by atoms with Crippen molar-refractivity contribution in [3.05, 3.63) is 17.5 Å². The molecule has 0 aromatic carbocycles. The second-order valence-electron chi connectivity index (χ2n) is 4.12. The van der Waals surface area contributed by atoms with E-state index in [4.69, 9.17) is 0 Å². The van der Waals surface area contributed by atoms with E-state index in [2.05, 4.69) is 18.9 Å². The van der Waals surface area contributed by atoms with Gasteiger partial charge in [-0.25, -0.2) is 0 Å². The summed E-state index contributed by atoms with van der Waals surface area (Å²) in [6, 6.07) is 0. The number of Topliss-reactive ketones (excluding diaryl/α,β-unsaturated/α-hetero) is 1. The average molecular weight is 194 g/mol. The Labute approximate surface area is 85.1 Å². The van der Waals surface area contributed by atoms with Crippen LogP contribution >= 0.6 is 0 Å². The lowest BCUT2D eigenvalue weighted by Crippen LogP contribution is -2.03. The van der Waals surface area contributed by atoms with Gasteiger partial charge in [-0.3, -0.25) is 9.48 Å². The van der Waals surface area contributed by atoms with Crippen LogP contribution in [0.1, 0.15) is 42.7 Å². The Kier molecular flexibility index (Phi) is 3.44. The lowest BCUT2D eigenvalue weighted by atomic mass is 10.0. The molecule has 0 saturated carbocycles. The highest BCUT2D eigenvalue weighted by Crippen LogP contribution is 2.12. The Morgan fingerprint density at radius 1 is 1.57 bits per heavy atom. The van der Waals surface area contributed by atoms with Gasteiger partial charge in [0, 0.05) is 19.2 Å². The molecule has 14 heavy (non-hydrogen) atoms. The lowest BCUT2D eigenvalue weighted by Gasteiger charge is -2.03. The number of hydrogen-bond donors (Lipinski definition) is 0. The zero-order chi connectivity index (χ0) is 10.7. The molecule has 0 radical (unpaired) electrons. The molecule has 0 unspecified atom stereocenters. The van der Waals surface area contributed by atoms with Crippen LogP contribution in [0.15, 0.2) is 6.20 Å². The van der Waals surface area contributed by atoms with Gasteiger partial charge in [0.1, 0.15) is 0 Å². The van der Waals surface area contributed by atoms with E-state index in [0.717, 1.165) is 17.7 Å². The van der Waals surface area contributed by atoms with E-state index in [0.29, 0.717) is 12.3 Å². The lowest BCUT2D eigenvalue weighted by molar-refractivity contribution is 0.0974. The summed E-state index contributed by atoms with van der Waals surface area (Å²) < 4.78 is 1.74. The number of rotatable bonds is 4. The highest BCUT2D eigenvalue weighted by molar-refractivity contribution is 5.96. The quantitative estimate of drug-likeness (QED) is 0.689. The van der Waals surface area contributed by atoms with Crippen LogP contribution < -0.4 is 0 Å². The van der Waals surface area contributed by atoms with Gasteiger partial charge in [0.05, 0.1) is 11.8 Å². The molecular weight excluding hydrogens is 176 g/mol. The maximum absolute atomic E-state index is 11.7. The third-order valence-electron chi connectivity index (χ3n) is 2.48. The first-order valence-corrected chi connectivity index (χ1v) is 5.04. The van der Waals surface area contributed by atoms with Gasteiger partial charge >= 0.3 is 0 Å². The molecular formula is C11H18N2O. The molecule has 0 fully saturated rings. The fourth-order valence-electron chi connectivity index (χ4n) is 1.33. The van der Waals surface area contributed by atoms with E-state index in [-0.39, 0.29) is 5.78 Å². The molecule has 0 aliphatic carbocycles. The predicted molar refractivity (Wildman–Crippen MR) is 56.3 cm³/mol. The predicted octanol–water partition coefficient (Wildman–Crippen LogP) is 2.35. The van der Waals surface area contributed by atoms with E-state index in [1.54, 1.807) is 10.9 Å². The molecule has 1 aromatic heterocycles. The average Bonchev–Trinajstić information content (AvgIpc) is 2.44. The van der Waals surface area contributed by atoms with Crippen LogP contribution in [0.2, 0.25) is 0 Å². The van der Waals surface area contributed by atoms with Crippen molar-refractivity contribution in [3.63, 3.8) is 0 Å². The SMILES string of the molecule is Cc1c(C(=O)CCC(C)C)cnn1C. The van der Waals surface area contributed by atoms with Crippen molar-refractivity contribution in [2.45, 2.75) is 33.6 Å². The largest absolute Gasteiger partial charge is 0.294 e. The third kappa shape index (κ3) is 2.44. The van der Waals surface area contributed by atoms with Gasteiger partial charge in [-0.2, -0.15) is 5.10 Å². The zero-order valence-corrected chi connectivity index (χ0v) is 9.37. The summed E-state index contributed by atoms with van der Waals surface area (Å²) in [6.07, 6.45) is 3.25. The first kappa shape index (κ1) is 11.0. The molecule has 0 amide bonds. The smallest absolute Gasteiger partial charge is 0.166 e. The summed E-state index contributed by atoms with van der Waals surface area (Å²) >= 11 is 0. The molecule has 0 bridgehead atoms. The van der Waals surface area contributed by atoms with Crippen LogP contribution in [0.25, 0.3) is 0 Å². The molecule has 0 N–H and O–H groups in total. The summed E-state index contributed by atoms with van der Waals surface area (Å²) in [5.41, 5.74) is 1.73. The Bertz CT molecular complexity index is 326. The molecule has 0 spiro atoms. The second-order valence-corrected chi connectivity index (χ2v) is 4.12. The van der Waals surface area contributed by atoms with Gasteiger partial charge in [0.25, 0.3) is 0 Å². The Balaban J connectivity index is 2.66. The first-order chi connectivity index (χ1) is 6.52. The topological polar surface area (TPSA) is 34.9 Å². The van der Waals surface area contributed by atoms with Gasteiger partial charge in [0.15, 0.2) is 5.78 Å². The van der Waals surface area contributed by atoms with Crippen molar-refractivity contribution in [1.29, 1.82) is 0 Å². The zero-order valence-electron chi connectivity index (χ0n) is 9.37. The molecule has 78 valence electrons. The monoisotopic (exact) mass is 194 g/mol. The van der Waals surface area contributed by atoms with Gasteiger partial charge < -0.3 is 0 Å². The Hall–Kier alpha value is -1.12. The molecule has 1 rings (SSSR count). The number of aromatic nitrogens is 2. The number of ketones is 1. The fourth-order valence-corrected chi connectivity index (χ4v) is 1.33. The van der Waals surface area contributed by atoms with Crippen molar-refractivity contribution >= 4 is 5.78 Å². The minimum absolute atomic E-state index is 0.212. The minimum Gasteiger partial charge on any atom is -0.294 e. The standard InChI is InChI=1S/C11H18N2O/c1-8(2)5-6-11(14)10-7-12-13(4)9(10)3/h7-8H,5-6H2,1-4H3. The summed E-state index contributed by atoms with van der Waals surface area (Å²) in [4.78, 5) is 11.7. The maximum atomic E-state index is 11.7. The first-order valence-electron chi connectivity index (χ1n) is 5.04. The van der Waals surface area contributed by atoms with Crippen molar-refractivity contribution in [2.75, 3.05) is 0 Å². The number of hydrogen-bond acceptors (Lipinski definition) is 2. The normalized spacial score (nSPS) is 10.9. The fraction of sp³-hybridized carbons (Fsp3) is 0.636. The van der Waals surface area contributed by atoms with Gasteiger partial charge in [0.2, 0.25) is 0 Å².